The molecule has 0 saturated carbocycles. The molecule has 4 N–H and O–H groups in total. The molecule has 9 nitrogen and oxygen atoms in total. The number of carbonyl (C=O) groups excluding carboxylic acids is 2. The Balaban J connectivity index is 1.62. The summed E-state index contributed by atoms with van der Waals surface area (Å²) in [6, 6.07) is 0. The highest BCUT2D eigenvalue weighted by Gasteiger charge is 2.24. The summed E-state index contributed by atoms with van der Waals surface area (Å²) in [7, 11) is 0. The van der Waals surface area contributed by atoms with E-state index in [0.29, 0.717) is 29.3 Å². The van der Waals surface area contributed by atoms with Crippen molar-refractivity contribution in [2.75, 3.05) is 16.8 Å². The Hall–Kier alpha value is -2.49. The maximum absolute atomic E-state index is 11.9. The fourth-order valence-electron chi connectivity index (χ4n) is 2.31. The molecule has 2 heterocycles. The molecule has 2 aromatic rings. The highest BCUT2D eigenvalue weighted by Crippen LogP contribution is 2.24. The van der Waals surface area contributed by atoms with Crippen molar-refractivity contribution in [1.82, 2.24) is 25.1 Å². The van der Waals surface area contributed by atoms with Crippen molar-refractivity contribution in [2.24, 2.45) is 5.92 Å². The summed E-state index contributed by atoms with van der Waals surface area (Å²) < 4.78 is 0. The quantitative estimate of drug-likeness (QED) is 0.694. The first kappa shape index (κ1) is 15.4. The van der Waals surface area contributed by atoms with Gasteiger partial charge in [0.05, 0.1) is 17.0 Å². The number of hydrogen-bond donors (Lipinski definition) is 3. The molecule has 1 atom stereocenters. The van der Waals surface area contributed by atoms with Crippen molar-refractivity contribution in [3.63, 3.8) is 0 Å². The second-order valence-electron chi connectivity index (χ2n) is 5.33. The van der Waals surface area contributed by atoms with Crippen molar-refractivity contribution >= 4 is 35.3 Å². The molecule has 0 aliphatic heterocycles. The van der Waals surface area contributed by atoms with Crippen LogP contribution in [0.4, 0.5) is 11.9 Å². The lowest BCUT2D eigenvalue weighted by Crippen LogP contribution is -2.22. The van der Waals surface area contributed by atoms with Crippen LogP contribution in [0.1, 0.15) is 29.4 Å². The van der Waals surface area contributed by atoms with Gasteiger partial charge < -0.3 is 5.73 Å². The molecule has 1 unspecified atom stereocenters. The third kappa shape index (κ3) is 3.65. The average Bonchev–Trinajstić information content (AvgIpc) is 2.90. The van der Waals surface area contributed by atoms with Crippen molar-refractivity contribution in [2.45, 2.75) is 24.9 Å². The number of nitrogens with one attached hydrogen (secondary N) is 2. The van der Waals surface area contributed by atoms with Gasteiger partial charge in [-0.2, -0.15) is 4.98 Å². The van der Waals surface area contributed by atoms with Crippen LogP contribution < -0.4 is 11.1 Å². The van der Waals surface area contributed by atoms with E-state index in [9.17, 15) is 9.59 Å². The van der Waals surface area contributed by atoms with Crippen LogP contribution in [0.3, 0.4) is 0 Å². The lowest BCUT2D eigenvalue weighted by molar-refractivity contribution is -0.113. The molecule has 23 heavy (non-hydrogen) atoms. The number of ketones is 1. The number of aromatic amines is 1. The number of nitrogens with zero attached hydrogens (tertiary/aromatic N) is 4. The van der Waals surface area contributed by atoms with Crippen LogP contribution in [0.5, 0.6) is 0 Å². The summed E-state index contributed by atoms with van der Waals surface area (Å²) in [5, 5.41) is 9.31. The normalized spacial score (nSPS) is 16.9. The number of amides is 1. The second-order valence-corrected chi connectivity index (χ2v) is 6.27. The van der Waals surface area contributed by atoms with Gasteiger partial charge in [-0.1, -0.05) is 18.7 Å². The summed E-state index contributed by atoms with van der Waals surface area (Å²) in [4.78, 5) is 36.0. The summed E-state index contributed by atoms with van der Waals surface area (Å²) in [6.45, 7) is 2.00. The molecule has 1 amide bonds. The Kier molecular flexibility index (Phi) is 4.24. The number of aromatic nitrogens is 5. The Morgan fingerprint density at radius 2 is 2.30 bits per heavy atom. The van der Waals surface area contributed by atoms with Crippen LogP contribution in [0.15, 0.2) is 11.4 Å². The number of thioether (sulfide) groups is 1. The third-order valence-corrected chi connectivity index (χ3v) is 4.16. The molecular weight excluding hydrogens is 318 g/mol. The molecule has 1 aliphatic rings. The number of H-pyrrole nitrogens is 1. The van der Waals surface area contributed by atoms with Crippen LogP contribution in [0.25, 0.3) is 0 Å². The van der Waals surface area contributed by atoms with Crippen molar-refractivity contribution in [3.05, 3.63) is 17.5 Å². The first-order valence-electron chi connectivity index (χ1n) is 7.01. The van der Waals surface area contributed by atoms with Gasteiger partial charge in [0.2, 0.25) is 23.0 Å². The number of hydrogen-bond acceptors (Lipinski definition) is 8. The lowest BCUT2D eigenvalue weighted by atomic mass is 9.88. The lowest BCUT2D eigenvalue weighted by Gasteiger charge is -2.19. The Morgan fingerprint density at radius 3 is 3.04 bits per heavy atom. The van der Waals surface area contributed by atoms with Crippen LogP contribution in [-0.4, -0.2) is 42.6 Å². The van der Waals surface area contributed by atoms with Crippen LogP contribution in [-0.2, 0) is 11.2 Å². The van der Waals surface area contributed by atoms with E-state index in [2.05, 4.69) is 30.5 Å². The maximum atomic E-state index is 11.9. The van der Waals surface area contributed by atoms with E-state index in [4.69, 9.17) is 5.73 Å². The van der Waals surface area contributed by atoms with Crippen molar-refractivity contribution in [1.29, 1.82) is 0 Å². The van der Waals surface area contributed by atoms with Crippen molar-refractivity contribution < 1.29 is 9.59 Å². The summed E-state index contributed by atoms with van der Waals surface area (Å²) >= 11 is 1.14. The topological polar surface area (TPSA) is 140 Å². The van der Waals surface area contributed by atoms with E-state index in [1.54, 1.807) is 0 Å². The van der Waals surface area contributed by atoms with Gasteiger partial charge in [-0.25, -0.2) is 15.1 Å². The molecule has 0 spiro atoms. The zero-order chi connectivity index (χ0) is 16.4. The molecule has 0 bridgehead atoms. The maximum Gasteiger partial charge on any atom is 0.237 e. The zero-order valence-corrected chi connectivity index (χ0v) is 13.2. The van der Waals surface area contributed by atoms with Gasteiger partial charge in [-0.05, 0) is 12.3 Å². The van der Waals surface area contributed by atoms with E-state index >= 15 is 0 Å². The number of anilines is 2. The minimum atomic E-state index is -0.284. The van der Waals surface area contributed by atoms with Gasteiger partial charge in [0, 0.05) is 12.6 Å². The predicted molar refractivity (Wildman–Crippen MR) is 84.0 cm³/mol. The average molecular weight is 333 g/mol. The molecule has 1 aliphatic carbocycles. The summed E-state index contributed by atoms with van der Waals surface area (Å²) in [6.07, 6.45) is 2.70. The molecular formula is C13H15N7O2S. The van der Waals surface area contributed by atoms with Gasteiger partial charge in [-0.3, -0.25) is 14.9 Å². The smallest absolute Gasteiger partial charge is 0.237 e. The Labute approximate surface area is 135 Å². The molecule has 0 aromatic carbocycles. The largest absolute Gasteiger partial charge is 0.368 e. The monoisotopic (exact) mass is 333 g/mol. The van der Waals surface area contributed by atoms with E-state index in [1.807, 2.05) is 6.92 Å². The fourth-order valence-corrected chi connectivity index (χ4v) is 2.91. The minimum Gasteiger partial charge on any atom is -0.368 e. The van der Waals surface area contributed by atoms with E-state index in [0.717, 1.165) is 11.8 Å². The standard InChI is InChI=1S/C13H15N7O2S/c1-6-2-8-7(9(21)3-6)4-15-12(16-8)17-10(22)5-23-13-18-11(14)19-20-13/h4,6H,2-3,5H2,1H3,(H3,14,18,19,20)(H,15,16,17,22). The fraction of sp³-hybridized carbons (Fsp3) is 0.385. The first-order chi connectivity index (χ1) is 11.0. The van der Waals surface area contributed by atoms with Gasteiger partial charge in [0.15, 0.2) is 5.78 Å². The SMILES string of the molecule is CC1CC(=O)c2cnc(NC(=O)CSc3n[nH]c(N)n3)nc2C1. The highest BCUT2D eigenvalue weighted by molar-refractivity contribution is 7.99. The second kappa shape index (κ2) is 6.32. The predicted octanol–water partition coefficient (Wildman–Crippen LogP) is 0.673. The summed E-state index contributed by atoms with van der Waals surface area (Å²) in [5.74, 6) is 0.520. The Bertz CT molecular complexity index is 761. The van der Waals surface area contributed by atoms with Crippen LogP contribution in [0.2, 0.25) is 0 Å². The molecule has 0 radical (unpaired) electrons. The van der Waals surface area contributed by atoms with Gasteiger partial charge in [0.25, 0.3) is 0 Å². The molecule has 2 aromatic heterocycles. The van der Waals surface area contributed by atoms with Gasteiger partial charge in [0.1, 0.15) is 0 Å². The summed E-state index contributed by atoms with van der Waals surface area (Å²) in [5.41, 5.74) is 6.64. The molecule has 3 rings (SSSR count). The number of nitrogens with two attached hydrogens (primary N) is 1. The number of rotatable bonds is 4. The first-order valence-corrected chi connectivity index (χ1v) is 7.99. The molecule has 0 fully saturated rings. The number of fused-ring (bicyclic) bond motifs is 1. The van der Waals surface area contributed by atoms with Crippen LogP contribution in [0, 0.1) is 5.92 Å². The number of Topliss-reactive ketones (excluding diaryl/α,β-unsaturated/α-hetero) is 1. The minimum absolute atomic E-state index is 0.0503. The third-order valence-electron chi connectivity index (χ3n) is 3.31. The highest BCUT2D eigenvalue weighted by atomic mass is 32.2. The van der Waals surface area contributed by atoms with Crippen molar-refractivity contribution in [3.8, 4) is 0 Å². The molecule has 120 valence electrons. The van der Waals surface area contributed by atoms with Gasteiger partial charge in [-0.15, -0.1) is 5.10 Å². The van der Waals surface area contributed by atoms with Crippen LogP contribution >= 0.6 is 11.8 Å². The van der Waals surface area contributed by atoms with E-state index in [-0.39, 0.29) is 35.3 Å². The molecule has 0 saturated heterocycles. The number of nitrogen functional groups attached to an aromatic ring is 1. The number of carbonyl (C=O) groups is 2. The zero-order valence-electron chi connectivity index (χ0n) is 12.4. The van der Waals surface area contributed by atoms with E-state index in [1.165, 1.54) is 6.20 Å². The van der Waals surface area contributed by atoms with Gasteiger partial charge >= 0.3 is 0 Å². The van der Waals surface area contributed by atoms with E-state index < -0.39 is 0 Å². The Morgan fingerprint density at radius 1 is 1.48 bits per heavy atom. The molecule has 10 heteroatoms.